The third-order valence-electron chi connectivity index (χ3n) is 2.25. The van der Waals surface area contributed by atoms with Crippen molar-refractivity contribution in [3.63, 3.8) is 0 Å². The third-order valence-corrected chi connectivity index (χ3v) is 3.13. The molecule has 0 aliphatic carbocycles. The largest absolute Gasteiger partial charge is 0.396 e. The smallest absolute Gasteiger partial charge is 0.225 e. The Morgan fingerprint density at radius 1 is 1.67 bits per heavy atom. The highest BCUT2D eigenvalue weighted by molar-refractivity contribution is 7.10. The first-order chi connectivity index (χ1) is 7.26. The van der Waals surface area contributed by atoms with Crippen LogP contribution in [0.25, 0.3) is 0 Å². The average Bonchev–Trinajstić information content (AvgIpc) is 2.69. The van der Waals surface area contributed by atoms with Crippen LogP contribution in [0, 0.1) is 0 Å². The van der Waals surface area contributed by atoms with E-state index >= 15 is 0 Å². The minimum Gasteiger partial charge on any atom is -0.396 e. The number of aliphatic hydroxyl groups is 1. The van der Waals surface area contributed by atoms with E-state index in [0.717, 1.165) is 11.3 Å². The van der Waals surface area contributed by atoms with Gasteiger partial charge < -0.3 is 10.4 Å². The second-order valence-corrected chi connectivity index (χ2v) is 4.47. The van der Waals surface area contributed by atoms with Gasteiger partial charge in [-0.05, 0) is 24.3 Å². The molecule has 15 heavy (non-hydrogen) atoms. The molecule has 0 radical (unpaired) electrons. The molecule has 0 bridgehead atoms. The quantitative estimate of drug-likeness (QED) is 0.775. The van der Waals surface area contributed by atoms with E-state index in [1.54, 1.807) is 11.3 Å². The van der Waals surface area contributed by atoms with Crippen LogP contribution in [-0.4, -0.2) is 23.7 Å². The van der Waals surface area contributed by atoms with E-state index in [2.05, 4.69) is 5.32 Å². The van der Waals surface area contributed by atoms with Crippen molar-refractivity contribution in [1.29, 1.82) is 0 Å². The summed E-state index contributed by atoms with van der Waals surface area (Å²) in [6, 6.07) is 4.00. The topological polar surface area (TPSA) is 49.3 Å². The average molecular weight is 227 g/mol. The van der Waals surface area contributed by atoms with Crippen molar-refractivity contribution < 1.29 is 9.90 Å². The monoisotopic (exact) mass is 227 g/mol. The molecule has 0 fully saturated rings. The molecule has 3 nitrogen and oxygen atoms in total. The van der Waals surface area contributed by atoms with Gasteiger partial charge in [0.25, 0.3) is 0 Å². The Labute approximate surface area is 94.1 Å². The van der Waals surface area contributed by atoms with Gasteiger partial charge in [-0.25, -0.2) is 0 Å². The van der Waals surface area contributed by atoms with Gasteiger partial charge in [0, 0.05) is 17.5 Å². The lowest BCUT2D eigenvalue weighted by molar-refractivity contribution is -0.121. The summed E-state index contributed by atoms with van der Waals surface area (Å²) in [4.78, 5) is 12.6. The maximum absolute atomic E-state index is 11.6. The van der Waals surface area contributed by atoms with Crippen LogP contribution in [0.15, 0.2) is 17.5 Å². The van der Waals surface area contributed by atoms with Crippen LogP contribution >= 0.6 is 11.3 Å². The summed E-state index contributed by atoms with van der Waals surface area (Å²) in [5, 5.41) is 13.7. The number of carbonyl (C=O) groups excluding carboxylic acids is 1. The molecule has 1 heterocycles. The van der Waals surface area contributed by atoms with Crippen LogP contribution in [0.1, 0.15) is 24.6 Å². The SMILES string of the molecule is CCC(CCO)NC(=O)Cc1cccs1. The van der Waals surface area contributed by atoms with E-state index in [-0.39, 0.29) is 18.6 Å². The molecule has 1 aromatic heterocycles. The van der Waals surface area contributed by atoms with E-state index in [0.29, 0.717) is 12.8 Å². The van der Waals surface area contributed by atoms with Gasteiger partial charge in [-0.1, -0.05) is 13.0 Å². The van der Waals surface area contributed by atoms with Gasteiger partial charge in [-0.15, -0.1) is 11.3 Å². The van der Waals surface area contributed by atoms with E-state index in [1.165, 1.54) is 0 Å². The molecule has 1 aromatic rings. The second-order valence-electron chi connectivity index (χ2n) is 3.44. The van der Waals surface area contributed by atoms with Gasteiger partial charge in [-0.2, -0.15) is 0 Å². The molecule has 2 N–H and O–H groups in total. The highest BCUT2D eigenvalue weighted by Crippen LogP contribution is 2.09. The summed E-state index contributed by atoms with van der Waals surface area (Å²) in [5.41, 5.74) is 0. The first kappa shape index (κ1) is 12.2. The van der Waals surface area contributed by atoms with Gasteiger partial charge in [0.2, 0.25) is 5.91 Å². The van der Waals surface area contributed by atoms with Gasteiger partial charge in [0.15, 0.2) is 0 Å². The molecule has 0 saturated carbocycles. The van der Waals surface area contributed by atoms with Crippen LogP contribution in [0.4, 0.5) is 0 Å². The zero-order chi connectivity index (χ0) is 11.1. The highest BCUT2D eigenvalue weighted by atomic mass is 32.1. The van der Waals surface area contributed by atoms with Gasteiger partial charge in [-0.3, -0.25) is 4.79 Å². The fourth-order valence-corrected chi connectivity index (χ4v) is 2.09. The van der Waals surface area contributed by atoms with Gasteiger partial charge in [0.05, 0.1) is 6.42 Å². The Bertz CT molecular complexity index is 285. The molecular weight excluding hydrogens is 210 g/mol. The summed E-state index contributed by atoms with van der Waals surface area (Å²) in [6.45, 7) is 2.13. The highest BCUT2D eigenvalue weighted by Gasteiger charge is 2.10. The Hall–Kier alpha value is -0.870. The normalized spacial score (nSPS) is 12.4. The summed E-state index contributed by atoms with van der Waals surface area (Å²) < 4.78 is 0. The Balaban J connectivity index is 2.34. The number of hydrogen-bond acceptors (Lipinski definition) is 3. The van der Waals surface area contributed by atoms with Crippen LogP contribution in [0.3, 0.4) is 0 Å². The number of nitrogens with one attached hydrogen (secondary N) is 1. The molecule has 4 heteroatoms. The van der Waals surface area contributed by atoms with Crippen LogP contribution < -0.4 is 5.32 Å². The number of rotatable bonds is 6. The van der Waals surface area contributed by atoms with E-state index in [4.69, 9.17) is 5.11 Å². The first-order valence-electron chi connectivity index (χ1n) is 5.18. The third kappa shape index (κ3) is 4.44. The van der Waals surface area contributed by atoms with Crippen molar-refractivity contribution >= 4 is 17.2 Å². The molecular formula is C11H17NO2S. The van der Waals surface area contributed by atoms with Crippen LogP contribution in [0.5, 0.6) is 0 Å². The lowest BCUT2D eigenvalue weighted by atomic mass is 10.1. The van der Waals surface area contributed by atoms with E-state index in [1.807, 2.05) is 24.4 Å². The predicted octanol–water partition coefficient (Wildman–Crippen LogP) is 1.57. The first-order valence-corrected chi connectivity index (χ1v) is 6.06. The molecule has 0 aliphatic rings. The van der Waals surface area contributed by atoms with Crippen molar-refractivity contribution in [2.75, 3.05) is 6.61 Å². The standard InChI is InChI=1S/C11H17NO2S/c1-2-9(5-6-13)12-11(14)8-10-4-3-7-15-10/h3-4,7,9,13H,2,5-6,8H2,1H3,(H,12,14). The summed E-state index contributed by atoms with van der Waals surface area (Å²) >= 11 is 1.59. The molecule has 1 rings (SSSR count). The van der Waals surface area contributed by atoms with Crippen molar-refractivity contribution in [3.8, 4) is 0 Å². The maximum Gasteiger partial charge on any atom is 0.225 e. The molecule has 0 spiro atoms. The number of carbonyl (C=O) groups is 1. The summed E-state index contributed by atoms with van der Waals surface area (Å²) in [7, 11) is 0. The number of thiophene rings is 1. The fourth-order valence-electron chi connectivity index (χ4n) is 1.38. The van der Waals surface area contributed by atoms with Crippen LogP contribution in [0.2, 0.25) is 0 Å². The fraction of sp³-hybridized carbons (Fsp3) is 0.545. The number of hydrogen-bond donors (Lipinski definition) is 2. The van der Waals surface area contributed by atoms with Crippen molar-refractivity contribution in [3.05, 3.63) is 22.4 Å². The zero-order valence-electron chi connectivity index (χ0n) is 8.90. The molecule has 84 valence electrons. The van der Waals surface area contributed by atoms with Crippen LogP contribution in [-0.2, 0) is 11.2 Å². The molecule has 0 saturated heterocycles. The molecule has 0 aliphatic heterocycles. The van der Waals surface area contributed by atoms with Crippen molar-refractivity contribution in [2.45, 2.75) is 32.2 Å². The van der Waals surface area contributed by atoms with Crippen molar-refractivity contribution in [2.24, 2.45) is 0 Å². The lowest BCUT2D eigenvalue weighted by Gasteiger charge is -2.15. The minimum atomic E-state index is 0.0396. The maximum atomic E-state index is 11.6. The number of aliphatic hydroxyl groups excluding tert-OH is 1. The zero-order valence-corrected chi connectivity index (χ0v) is 9.72. The number of amides is 1. The Kier molecular flexibility index (Phi) is 5.36. The summed E-state index contributed by atoms with van der Waals surface area (Å²) in [5.74, 6) is 0.0396. The molecule has 1 atom stereocenters. The van der Waals surface area contributed by atoms with Crippen molar-refractivity contribution in [1.82, 2.24) is 5.32 Å². The van der Waals surface area contributed by atoms with E-state index in [9.17, 15) is 4.79 Å². The van der Waals surface area contributed by atoms with Gasteiger partial charge >= 0.3 is 0 Å². The van der Waals surface area contributed by atoms with E-state index < -0.39 is 0 Å². The Morgan fingerprint density at radius 3 is 3.00 bits per heavy atom. The molecule has 1 unspecified atom stereocenters. The predicted molar refractivity (Wildman–Crippen MR) is 61.9 cm³/mol. The Morgan fingerprint density at radius 2 is 2.47 bits per heavy atom. The molecule has 0 aromatic carbocycles. The lowest BCUT2D eigenvalue weighted by Crippen LogP contribution is -2.35. The minimum absolute atomic E-state index is 0.0396. The van der Waals surface area contributed by atoms with Gasteiger partial charge in [0.1, 0.15) is 0 Å². The molecule has 1 amide bonds. The second kappa shape index (κ2) is 6.58. The summed E-state index contributed by atoms with van der Waals surface area (Å²) in [6.07, 6.45) is 1.93.